The summed E-state index contributed by atoms with van der Waals surface area (Å²) < 4.78 is 4.83. The van der Waals surface area contributed by atoms with Crippen molar-refractivity contribution in [2.45, 2.75) is 53.9 Å². The third-order valence-electron chi connectivity index (χ3n) is 4.72. The van der Waals surface area contributed by atoms with Crippen LogP contribution < -0.4 is 4.59 Å². The molecule has 0 aliphatic carbocycles. The standard InChI is InChI=1S/C21H34N3O3/c1-9-16-13-17(10-2)19(18(11-3)14-16)24(8,15(5)25)22-20(23(6)7)21(26)27-12-4/h13-14H,9-12H2,1-8H3/q+1. The number of amides is 1. The number of hydrogen-bond donors (Lipinski definition) is 0. The topological polar surface area (TPSA) is 59.0 Å². The summed E-state index contributed by atoms with van der Waals surface area (Å²) in [4.78, 5) is 26.8. The van der Waals surface area contributed by atoms with Crippen LogP contribution in [0, 0.1) is 0 Å². The molecular weight excluding hydrogens is 342 g/mol. The number of amidine groups is 1. The molecule has 0 fully saturated rings. The molecule has 0 spiro atoms. The van der Waals surface area contributed by atoms with Crippen molar-refractivity contribution in [3.8, 4) is 0 Å². The van der Waals surface area contributed by atoms with Crippen molar-refractivity contribution in [1.82, 2.24) is 9.49 Å². The van der Waals surface area contributed by atoms with Crippen LogP contribution in [0.5, 0.6) is 0 Å². The molecule has 1 atom stereocenters. The largest absolute Gasteiger partial charge is 0.460 e. The molecule has 1 aromatic carbocycles. The predicted octanol–water partition coefficient (Wildman–Crippen LogP) is 3.30. The Morgan fingerprint density at radius 3 is 1.89 bits per heavy atom. The van der Waals surface area contributed by atoms with E-state index in [-0.39, 0.29) is 22.9 Å². The van der Waals surface area contributed by atoms with Crippen LogP contribution in [0.15, 0.2) is 17.2 Å². The van der Waals surface area contributed by atoms with E-state index in [9.17, 15) is 9.59 Å². The molecule has 0 heterocycles. The zero-order valence-electron chi connectivity index (χ0n) is 18.0. The average molecular weight is 377 g/mol. The van der Waals surface area contributed by atoms with Crippen LogP contribution in [-0.4, -0.2) is 50.4 Å². The Hall–Kier alpha value is -2.21. The van der Waals surface area contributed by atoms with Gasteiger partial charge >= 0.3 is 11.9 Å². The molecule has 6 nitrogen and oxygen atoms in total. The smallest absolute Gasteiger partial charge is 0.379 e. The van der Waals surface area contributed by atoms with Gasteiger partial charge in [-0.2, -0.15) is 0 Å². The summed E-state index contributed by atoms with van der Waals surface area (Å²) in [5.74, 6) is -0.570. The zero-order valence-corrected chi connectivity index (χ0v) is 18.0. The quantitative estimate of drug-likeness (QED) is 0.251. The minimum Gasteiger partial charge on any atom is -0.460 e. The molecule has 27 heavy (non-hydrogen) atoms. The molecule has 0 radical (unpaired) electrons. The maximum atomic E-state index is 12.8. The van der Waals surface area contributed by atoms with Gasteiger partial charge in [0.05, 0.1) is 13.5 Å². The van der Waals surface area contributed by atoms with E-state index in [0.717, 1.165) is 36.1 Å². The molecule has 0 aliphatic heterocycles. The Bertz CT molecular complexity index is 700. The van der Waals surface area contributed by atoms with Gasteiger partial charge in [-0.05, 0) is 49.0 Å². The van der Waals surface area contributed by atoms with Crippen LogP contribution in [0.4, 0.5) is 5.69 Å². The van der Waals surface area contributed by atoms with Gasteiger partial charge in [-0.3, -0.25) is 0 Å². The molecule has 0 bridgehead atoms. The van der Waals surface area contributed by atoms with Gasteiger partial charge in [0.25, 0.3) is 5.84 Å². The summed E-state index contributed by atoms with van der Waals surface area (Å²) in [5, 5.41) is 4.62. The van der Waals surface area contributed by atoms with Crippen molar-refractivity contribution < 1.29 is 14.3 Å². The van der Waals surface area contributed by atoms with E-state index in [2.05, 4.69) is 38.0 Å². The van der Waals surface area contributed by atoms with Crippen molar-refractivity contribution in [2.24, 2.45) is 5.10 Å². The van der Waals surface area contributed by atoms with Crippen molar-refractivity contribution in [3.63, 3.8) is 0 Å². The molecule has 0 N–H and O–H groups in total. The van der Waals surface area contributed by atoms with Crippen LogP contribution in [0.1, 0.15) is 51.3 Å². The van der Waals surface area contributed by atoms with Gasteiger partial charge in [-0.25, -0.2) is 9.59 Å². The lowest BCUT2D eigenvalue weighted by atomic mass is 9.96. The second-order valence-electron chi connectivity index (χ2n) is 6.84. The predicted molar refractivity (Wildman–Crippen MR) is 111 cm³/mol. The van der Waals surface area contributed by atoms with Gasteiger partial charge in [0.2, 0.25) is 0 Å². The number of benzene rings is 1. The molecule has 6 heteroatoms. The number of likely N-dealkylation sites (N-methyl/N-ethyl adjacent to an activating group) is 1. The SMILES string of the molecule is CCOC(=O)C(=N[N+](C)(C(C)=O)c1c(CC)cc(CC)cc1CC)N(C)C. The van der Waals surface area contributed by atoms with E-state index in [1.54, 1.807) is 33.0 Å². The second-order valence-corrected chi connectivity index (χ2v) is 6.84. The van der Waals surface area contributed by atoms with Gasteiger partial charge < -0.3 is 9.64 Å². The number of esters is 1. The van der Waals surface area contributed by atoms with Crippen LogP contribution in [0.3, 0.4) is 0 Å². The Labute approximate surface area is 163 Å². The normalized spacial score (nSPS) is 13.9. The van der Waals surface area contributed by atoms with E-state index in [1.165, 1.54) is 12.5 Å². The molecule has 0 saturated heterocycles. The fourth-order valence-electron chi connectivity index (χ4n) is 3.11. The van der Waals surface area contributed by atoms with Gasteiger partial charge in [-0.15, -0.1) is 4.59 Å². The first-order valence-corrected chi connectivity index (χ1v) is 9.63. The van der Waals surface area contributed by atoms with Crippen molar-refractivity contribution in [1.29, 1.82) is 0 Å². The van der Waals surface area contributed by atoms with E-state index < -0.39 is 5.97 Å². The highest BCUT2D eigenvalue weighted by atomic mass is 16.5. The number of hydrogen-bond acceptors (Lipinski definition) is 4. The second kappa shape index (κ2) is 9.65. The number of nitrogens with zero attached hydrogens (tertiary/aromatic N) is 3. The number of rotatable bonds is 6. The third-order valence-corrected chi connectivity index (χ3v) is 4.72. The van der Waals surface area contributed by atoms with E-state index in [4.69, 9.17) is 4.74 Å². The van der Waals surface area contributed by atoms with Gasteiger partial charge in [-0.1, -0.05) is 20.8 Å². The Morgan fingerprint density at radius 1 is 1.04 bits per heavy atom. The molecular formula is C21H34N3O3+. The maximum Gasteiger partial charge on any atom is 0.379 e. The number of aryl methyl sites for hydroxylation is 3. The summed E-state index contributed by atoms with van der Waals surface area (Å²) in [6.07, 6.45) is 2.49. The third kappa shape index (κ3) is 4.95. The minimum absolute atomic E-state index is 0.123. The molecule has 1 rings (SSSR count). The van der Waals surface area contributed by atoms with Gasteiger partial charge in [0.1, 0.15) is 7.05 Å². The molecule has 1 aromatic rings. The molecule has 0 saturated carbocycles. The molecule has 150 valence electrons. The number of carbonyl (C=O) groups excluding carboxylic acids is 2. The van der Waals surface area contributed by atoms with E-state index in [0.29, 0.717) is 0 Å². The highest BCUT2D eigenvalue weighted by Gasteiger charge is 2.39. The van der Waals surface area contributed by atoms with Crippen LogP contribution >= 0.6 is 0 Å². The number of carbonyl (C=O) groups is 2. The van der Waals surface area contributed by atoms with Crippen molar-refractivity contribution >= 4 is 23.4 Å². The van der Waals surface area contributed by atoms with Crippen LogP contribution in [0.2, 0.25) is 0 Å². The molecule has 1 unspecified atom stereocenters. The van der Waals surface area contributed by atoms with Gasteiger partial charge in [0.15, 0.2) is 5.69 Å². The first-order valence-electron chi connectivity index (χ1n) is 9.63. The highest BCUT2D eigenvalue weighted by Crippen LogP contribution is 2.34. The number of quaternary nitrogens is 1. The van der Waals surface area contributed by atoms with Crippen LogP contribution in [0.25, 0.3) is 0 Å². The lowest BCUT2D eigenvalue weighted by Gasteiger charge is -2.29. The van der Waals surface area contributed by atoms with E-state index in [1.807, 2.05) is 0 Å². The van der Waals surface area contributed by atoms with E-state index >= 15 is 0 Å². The minimum atomic E-state index is -0.533. The number of ether oxygens (including phenoxy) is 1. The summed E-state index contributed by atoms with van der Waals surface area (Å²) >= 11 is 0. The molecule has 0 aliphatic rings. The fraction of sp³-hybridized carbons (Fsp3) is 0.571. The van der Waals surface area contributed by atoms with Crippen LogP contribution in [-0.2, 0) is 33.6 Å². The Balaban J connectivity index is 3.80. The fourth-order valence-corrected chi connectivity index (χ4v) is 3.11. The van der Waals surface area contributed by atoms with Gasteiger partial charge in [0, 0.05) is 25.2 Å². The summed E-state index contributed by atoms with van der Waals surface area (Å²) in [6.45, 7) is 9.78. The summed E-state index contributed by atoms with van der Waals surface area (Å²) in [7, 11) is 5.19. The van der Waals surface area contributed by atoms with Crippen molar-refractivity contribution in [3.05, 3.63) is 28.8 Å². The monoisotopic (exact) mass is 376 g/mol. The first-order chi connectivity index (χ1) is 12.7. The maximum absolute atomic E-state index is 12.8. The Kier molecular flexibility index (Phi) is 8.16. The summed E-state index contributed by atoms with van der Waals surface area (Å²) in [6, 6.07) is 4.28. The highest BCUT2D eigenvalue weighted by molar-refractivity contribution is 6.35. The lowest BCUT2D eigenvalue weighted by Crippen LogP contribution is -2.49. The summed E-state index contributed by atoms with van der Waals surface area (Å²) in [5.41, 5.74) is 4.25. The van der Waals surface area contributed by atoms with Crippen molar-refractivity contribution in [2.75, 3.05) is 27.7 Å². The average Bonchev–Trinajstić information content (AvgIpc) is 2.64. The Morgan fingerprint density at radius 2 is 1.56 bits per heavy atom. The zero-order chi connectivity index (χ0) is 20.8. The first kappa shape index (κ1) is 22.8. The molecule has 1 amide bonds. The molecule has 0 aromatic heterocycles. The lowest BCUT2D eigenvalue weighted by molar-refractivity contribution is -0.135.